The second kappa shape index (κ2) is 8.86. The summed E-state index contributed by atoms with van der Waals surface area (Å²) in [7, 11) is 0. The van der Waals surface area contributed by atoms with Gasteiger partial charge in [-0.05, 0) is 57.0 Å². The van der Waals surface area contributed by atoms with E-state index in [0.717, 1.165) is 57.6 Å². The van der Waals surface area contributed by atoms with E-state index in [2.05, 4.69) is 41.4 Å². The average molecular weight is 340 g/mol. The fraction of sp³-hybridized carbons (Fsp3) is 0.476. The lowest BCUT2D eigenvalue weighted by Gasteiger charge is -2.31. The highest BCUT2D eigenvalue weighted by Crippen LogP contribution is 2.19. The van der Waals surface area contributed by atoms with Crippen molar-refractivity contribution in [3.05, 3.63) is 59.5 Å². The Hall–Kier alpha value is -2.07. The largest absolute Gasteiger partial charge is 0.469 e. The number of piperidine rings is 1. The van der Waals surface area contributed by atoms with Crippen molar-refractivity contribution in [1.29, 1.82) is 0 Å². The van der Waals surface area contributed by atoms with Crippen LogP contribution in [0.1, 0.15) is 36.1 Å². The van der Waals surface area contributed by atoms with Crippen LogP contribution in [0.3, 0.4) is 0 Å². The van der Waals surface area contributed by atoms with Crippen LogP contribution in [0.2, 0.25) is 0 Å². The summed E-state index contributed by atoms with van der Waals surface area (Å²) in [5.41, 5.74) is 2.67. The zero-order valence-corrected chi connectivity index (χ0v) is 15.0. The van der Waals surface area contributed by atoms with Gasteiger partial charge in [0.25, 0.3) is 0 Å². The van der Waals surface area contributed by atoms with Crippen molar-refractivity contribution in [2.45, 2.75) is 39.2 Å². The molecule has 0 bridgehead atoms. The lowest BCUT2D eigenvalue weighted by molar-refractivity contribution is -0.126. The van der Waals surface area contributed by atoms with Gasteiger partial charge in [-0.3, -0.25) is 9.69 Å². The van der Waals surface area contributed by atoms with E-state index in [4.69, 9.17) is 4.42 Å². The second-order valence-corrected chi connectivity index (χ2v) is 7.01. The molecule has 1 N–H and O–H groups in total. The van der Waals surface area contributed by atoms with E-state index in [9.17, 15) is 4.79 Å². The van der Waals surface area contributed by atoms with Gasteiger partial charge in [0.2, 0.25) is 5.91 Å². The number of hydrogen-bond donors (Lipinski definition) is 1. The molecule has 0 aliphatic carbocycles. The molecule has 1 fully saturated rings. The van der Waals surface area contributed by atoms with E-state index in [0.29, 0.717) is 0 Å². The average Bonchev–Trinajstić information content (AvgIpc) is 3.13. The molecule has 0 saturated carbocycles. The van der Waals surface area contributed by atoms with E-state index in [1.807, 2.05) is 12.1 Å². The number of furan rings is 1. The molecule has 0 spiro atoms. The molecule has 4 nitrogen and oxygen atoms in total. The minimum Gasteiger partial charge on any atom is -0.469 e. The highest BCUT2D eigenvalue weighted by molar-refractivity contribution is 5.78. The number of benzene rings is 1. The summed E-state index contributed by atoms with van der Waals surface area (Å²) >= 11 is 0. The molecule has 1 amide bonds. The molecular weight excluding hydrogens is 312 g/mol. The van der Waals surface area contributed by atoms with E-state index >= 15 is 0 Å². The normalized spacial score (nSPS) is 16.0. The third-order valence-electron chi connectivity index (χ3n) is 4.93. The van der Waals surface area contributed by atoms with Crippen molar-refractivity contribution >= 4 is 5.91 Å². The lowest BCUT2D eigenvalue weighted by Crippen LogP contribution is -2.40. The molecule has 0 unspecified atom stereocenters. The molecule has 0 atom stereocenters. The molecule has 1 aliphatic rings. The first-order valence-electron chi connectivity index (χ1n) is 9.29. The number of amides is 1. The first kappa shape index (κ1) is 17.7. The van der Waals surface area contributed by atoms with Crippen molar-refractivity contribution < 1.29 is 9.21 Å². The highest BCUT2D eigenvalue weighted by Gasteiger charge is 2.24. The lowest BCUT2D eigenvalue weighted by atomic mass is 9.95. The van der Waals surface area contributed by atoms with Crippen LogP contribution in [-0.4, -0.2) is 30.4 Å². The third-order valence-corrected chi connectivity index (χ3v) is 4.93. The van der Waals surface area contributed by atoms with Crippen LogP contribution in [-0.2, 0) is 17.8 Å². The molecule has 4 heteroatoms. The van der Waals surface area contributed by atoms with Crippen LogP contribution in [0.15, 0.2) is 47.1 Å². The monoisotopic (exact) mass is 340 g/mol. The minimum absolute atomic E-state index is 0.164. The summed E-state index contributed by atoms with van der Waals surface area (Å²) in [4.78, 5) is 14.8. The Kier molecular flexibility index (Phi) is 6.29. The van der Waals surface area contributed by atoms with Crippen molar-refractivity contribution in [2.75, 3.05) is 19.6 Å². The van der Waals surface area contributed by atoms with Gasteiger partial charge in [-0.25, -0.2) is 0 Å². The van der Waals surface area contributed by atoms with Gasteiger partial charge in [0, 0.05) is 25.4 Å². The SMILES string of the molecule is Cc1cccc(CN2CCC(C(=O)NCCCc3ccco3)CC2)c1. The number of rotatable bonds is 7. The molecule has 134 valence electrons. The van der Waals surface area contributed by atoms with Gasteiger partial charge in [0.05, 0.1) is 6.26 Å². The zero-order valence-electron chi connectivity index (χ0n) is 15.0. The van der Waals surface area contributed by atoms with Crippen molar-refractivity contribution in [2.24, 2.45) is 5.92 Å². The van der Waals surface area contributed by atoms with Crippen LogP contribution >= 0.6 is 0 Å². The number of aryl methyl sites for hydroxylation is 2. The van der Waals surface area contributed by atoms with Crippen molar-refractivity contribution in [3.63, 3.8) is 0 Å². The first-order chi connectivity index (χ1) is 12.2. The fourth-order valence-electron chi connectivity index (χ4n) is 3.50. The van der Waals surface area contributed by atoms with Gasteiger partial charge in [0.15, 0.2) is 0 Å². The Labute approximate surface area is 150 Å². The van der Waals surface area contributed by atoms with Gasteiger partial charge < -0.3 is 9.73 Å². The van der Waals surface area contributed by atoms with Crippen LogP contribution in [0.5, 0.6) is 0 Å². The zero-order chi connectivity index (χ0) is 17.5. The predicted molar refractivity (Wildman–Crippen MR) is 99.2 cm³/mol. The summed E-state index contributed by atoms with van der Waals surface area (Å²) in [6.07, 6.45) is 5.40. The Morgan fingerprint density at radius 2 is 2.08 bits per heavy atom. The molecule has 2 aromatic rings. The minimum atomic E-state index is 0.164. The molecule has 1 aromatic carbocycles. The summed E-state index contributed by atoms with van der Waals surface area (Å²) in [6.45, 7) is 5.84. The molecular formula is C21H28N2O2. The van der Waals surface area contributed by atoms with Crippen LogP contribution < -0.4 is 5.32 Å². The van der Waals surface area contributed by atoms with E-state index < -0.39 is 0 Å². The summed E-state index contributed by atoms with van der Waals surface area (Å²) in [5, 5.41) is 3.09. The van der Waals surface area contributed by atoms with Gasteiger partial charge in [-0.1, -0.05) is 29.8 Å². The third kappa shape index (κ3) is 5.46. The first-order valence-corrected chi connectivity index (χ1v) is 9.29. The van der Waals surface area contributed by atoms with E-state index in [1.165, 1.54) is 11.1 Å². The van der Waals surface area contributed by atoms with E-state index in [1.54, 1.807) is 6.26 Å². The molecule has 2 heterocycles. The van der Waals surface area contributed by atoms with Gasteiger partial charge in [0.1, 0.15) is 5.76 Å². The molecule has 0 radical (unpaired) electrons. The number of carbonyl (C=O) groups is 1. The maximum absolute atomic E-state index is 12.3. The second-order valence-electron chi connectivity index (χ2n) is 7.01. The maximum Gasteiger partial charge on any atom is 0.223 e. The van der Waals surface area contributed by atoms with Crippen molar-refractivity contribution in [1.82, 2.24) is 10.2 Å². The molecule has 1 saturated heterocycles. The van der Waals surface area contributed by atoms with Crippen LogP contribution in [0, 0.1) is 12.8 Å². The number of nitrogens with one attached hydrogen (secondary N) is 1. The quantitative estimate of drug-likeness (QED) is 0.784. The summed E-state index contributed by atoms with van der Waals surface area (Å²) in [5.74, 6) is 1.37. The highest BCUT2D eigenvalue weighted by atomic mass is 16.3. The standard InChI is InChI=1S/C21H28N2O2/c1-17-5-2-6-18(15-17)16-23-12-9-19(10-13-23)21(24)22-11-3-7-20-8-4-14-25-20/h2,4-6,8,14-15,19H,3,7,9-13,16H2,1H3,(H,22,24). The molecule has 25 heavy (non-hydrogen) atoms. The van der Waals surface area contributed by atoms with Crippen molar-refractivity contribution in [3.8, 4) is 0 Å². The molecule has 3 rings (SSSR count). The van der Waals surface area contributed by atoms with Crippen LogP contribution in [0.4, 0.5) is 0 Å². The number of likely N-dealkylation sites (tertiary alicyclic amines) is 1. The van der Waals surface area contributed by atoms with Crippen LogP contribution in [0.25, 0.3) is 0 Å². The smallest absolute Gasteiger partial charge is 0.223 e. The maximum atomic E-state index is 12.3. The summed E-state index contributed by atoms with van der Waals surface area (Å²) < 4.78 is 5.31. The Bertz CT molecular complexity index is 658. The Morgan fingerprint density at radius 1 is 1.24 bits per heavy atom. The van der Waals surface area contributed by atoms with E-state index in [-0.39, 0.29) is 11.8 Å². The number of carbonyl (C=O) groups excluding carboxylic acids is 1. The fourth-order valence-corrected chi connectivity index (χ4v) is 3.50. The summed E-state index contributed by atoms with van der Waals surface area (Å²) in [6, 6.07) is 12.6. The Morgan fingerprint density at radius 3 is 2.80 bits per heavy atom. The van der Waals surface area contributed by atoms with Gasteiger partial charge in [-0.15, -0.1) is 0 Å². The number of nitrogens with zero attached hydrogens (tertiary/aromatic N) is 1. The Balaban J connectivity index is 1.34. The molecule has 1 aromatic heterocycles. The predicted octanol–water partition coefficient (Wildman–Crippen LogP) is 3.55. The van der Waals surface area contributed by atoms with Gasteiger partial charge in [-0.2, -0.15) is 0 Å². The van der Waals surface area contributed by atoms with Gasteiger partial charge >= 0.3 is 0 Å². The topological polar surface area (TPSA) is 45.5 Å². The molecule has 1 aliphatic heterocycles. The number of hydrogen-bond acceptors (Lipinski definition) is 3.